The maximum absolute atomic E-state index is 10.6. The minimum absolute atomic E-state index is 0.213. The highest BCUT2D eigenvalue weighted by molar-refractivity contribution is 7.96. The number of rotatable bonds is 2. The summed E-state index contributed by atoms with van der Waals surface area (Å²) in [7, 11) is 0. The number of hydrogen-bond acceptors (Lipinski definition) is 2. The van der Waals surface area contributed by atoms with Gasteiger partial charge in [-0.25, -0.2) is 4.98 Å². The van der Waals surface area contributed by atoms with Gasteiger partial charge >= 0.3 is 0 Å². The Labute approximate surface area is 85.3 Å². The third kappa shape index (κ3) is 3.01. The van der Waals surface area contributed by atoms with E-state index < -0.39 is 0 Å². The van der Waals surface area contributed by atoms with E-state index in [0.717, 1.165) is 5.56 Å². The Kier molecular flexibility index (Phi) is 3.38. The predicted octanol–water partition coefficient (Wildman–Crippen LogP) is 2.39. The second-order valence-electron chi connectivity index (χ2n) is 2.19. The highest BCUT2D eigenvalue weighted by Gasteiger charge is 2.02. The molecule has 0 amide bonds. The standard InChI is InChI=1S/C7H5Cl2NOS/c8-5-1-4(3-7(11)12)2-6(9)10-5/h1-2H,3H2,(H,11,12). The lowest BCUT2D eigenvalue weighted by molar-refractivity contribution is -0.110. The molecule has 0 N–H and O–H groups in total. The van der Waals surface area contributed by atoms with Crippen molar-refractivity contribution in [3.63, 3.8) is 0 Å². The number of thiol groups is 1. The van der Waals surface area contributed by atoms with Gasteiger partial charge in [0, 0.05) is 6.42 Å². The van der Waals surface area contributed by atoms with Crippen molar-refractivity contribution in [2.75, 3.05) is 0 Å². The van der Waals surface area contributed by atoms with Crippen LogP contribution in [0.3, 0.4) is 0 Å². The first-order chi connectivity index (χ1) is 5.58. The van der Waals surface area contributed by atoms with E-state index in [9.17, 15) is 4.79 Å². The zero-order valence-electron chi connectivity index (χ0n) is 5.92. The molecule has 0 bridgehead atoms. The average molecular weight is 222 g/mol. The minimum atomic E-state index is -0.228. The summed E-state index contributed by atoms with van der Waals surface area (Å²) in [4.78, 5) is 14.3. The molecule has 0 aliphatic carbocycles. The number of pyridine rings is 1. The molecule has 0 atom stereocenters. The maximum Gasteiger partial charge on any atom is 0.190 e. The van der Waals surface area contributed by atoms with Gasteiger partial charge < -0.3 is 0 Å². The largest absolute Gasteiger partial charge is 0.287 e. The number of carbonyl (C=O) groups excluding carboxylic acids is 1. The van der Waals surface area contributed by atoms with E-state index in [2.05, 4.69) is 17.6 Å². The third-order valence-electron chi connectivity index (χ3n) is 1.18. The fraction of sp³-hybridized carbons (Fsp3) is 0.143. The molecule has 12 heavy (non-hydrogen) atoms. The summed E-state index contributed by atoms with van der Waals surface area (Å²) in [6.45, 7) is 0. The van der Waals surface area contributed by atoms with Crippen molar-refractivity contribution < 1.29 is 4.79 Å². The molecule has 0 spiro atoms. The fourth-order valence-corrected chi connectivity index (χ4v) is 1.48. The maximum atomic E-state index is 10.6. The van der Waals surface area contributed by atoms with Crippen LogP contribution in [0.4, 0.5) is 0 Å². The van der Waals surface area contributed by atoms with Gasteiger partial charge in [-0.2, -0.15) is 0 Å². The SMILES string of the molecule is O=C(S)Cc1cc(Cl)nc(Cl)c1. The van der Waals surface area contributed by atoms with E-state index in [1.807, 2.05) is 0 Å². The van der Waals surface area contributed by atoms with Crippen molar-refractivity contribution in [2.24, 2.45) is 0 Å². The quantitative estimate of drug-likeness (QED) is 0.615. The van der Waals surface area contributed by atoms with Gasteiger partial charge in [0.05, 0.1) is 0 Å². The van der Waals surface area contributed by atoms with Crippen LogP contribution in [-0.2, 0) is 11.2 Å². The number of hydrogen-bond donors (Lipinski definition) is 1. The lowest BCUT2D eigenvalue weighted by Crippen LogP contribution is -1.94. The van der Waals surface area contributed by atoms with Crippen molar-refractivity contribution in [3.05, 3.63) is 28.0 Å². The molecule has 0 fully saturated rings. The van der Waals surface area contributed by atoms with E-state index >= 15 is 0 Å². The van der Waals surface area contributed by atoms with E-state index in [0.29, 0.717) is 0 Å². The summed E-state index contributed by atoms with van der Waals surface area (Å²) >= 11 is 14.8. The molecule has 1 aromatic heterocycles. The van der Waals surface area contributed by atoms with Gasteiger partial charge in [0.1, 0.15) is 10.3 Å². The molecule has 1 rings (SSSR count). The van der Waals surface area contributed by atoms with E-state index in [-0.39, 0.29) is 21.8 Å². The first-order valence-electron chi connectivity index (χ1n) is 3.11. The summed E-state index contributed by atoms with van der Waals surface area (Å²) in [6, 6.07) is 3.17. The Hall–Kier alpha value is -0.250. The van der Waals surface area contributed by atoms with Gasteiger partial charge in [-0.1, -0.05) is 23.2 Å². The number of carbonyl (C=O) groups is 1. The molecular formula is C7H5Cl2NOS. The second-order valence-corrected chi connectivity index (χ2v) is 3.46. The van der Waals surface area contributed by atoms with Crippen LogP contribution in [0.1, 0.15) is 5.56 Å². The van der Waals surface area contributed by atoms with Gasteiger partial charge in [-0.05, 0) is 17.7 Å². The first-order valence-corrected chi connectivity index (χ1v) is 4.32. The van der Waals surface area contributed by atoms with E-state index in [4.69, 9.17) is 23.2 Å². The smallest absolute Gasteiger partial charge is 0.190 e. The zero-order valence-corrected chi connectivity index (χ0v) is 8.33. The van der Waals surface area contributed by atoms with Crippen molar-refractivity contribution >= 4 is 40.9 Å². The lowest BCUT2D eigenvalue weighted by atomic mass is 10.2. The highest BCUT2D eigenvalue weighted by Crippen LogP contribution is 2.15. The molecule has 64 valence electrons. The highest BCUT2D eigenvalue weighted by atomic mass is 35.5. The summed E-state index contributed by atoms with van der Waals surface area (Å²) in [6.07, 6.45) is 0.213. The van der Waals surface area contributed by atoms with Crippen molar-refractivity contribution in [3.8, 4) is 0 Å². The van der Waals surface area contributed by atoms with Crippen LogP contribution in [0.15, 0.2) is 12.1 Å². The Morgan fingerprint density at radius 1 is 1.42 bits per heavy atom. The second kappa shape index (κ2) is 4.12. The Morgan fingerprint density at radius 3 is 2.33 bits per heavy atom. The van der Waals surface area contributed by atoms with Crippen molar-refractivity contribution in [2.45, 2.75) is 6.42 Å². The minimum Gasteiger partial charge on any atom is -0.287 e. The molecule has 2 nitrogen and oxygen atoms in total. The molecule has 0 aliphatic rings. The molecule has 0 radical (unpaired) electrons. The molecule has 0 aromatic carbocycles. The summed E-state index contributed by atoms with van der Waals surface area (Å²) in [5, 5.41) is 0.340. The van der Waals surface area contributed by atoms with Crippen molar-refractivity contribution in [1.29, 1.82) is 0 Å². The Balaban J connectivity index is 2.93. The van der Waals surface area contributed by atoms with E-state index in [1.165, 1.54) is 0 Å². The number of nitrogens with zero attached hydrogens (tertiary/aromatic N) is 1. The molecule has 0 unspecified atom stereocenters. The fourth-order valence-electron chi connectivity index (χ4n) is 0.791. The number of aromatic nitrogens is 1. The first kappa shape index (κ1) is 9.84. The van der Waals surface area contributed by atoms with Gasteiger partial charge in [0.15, 0.2) is 5.12 Å². The summed E-state index contributed by atoms with van der Waals surface area (Å²) in [5.74, 6) is 0. The summed E-state index contributed by atoms with van der Waals surface area (Å²) < 4.78 is 0. The average Bonchev–Trinajstić information content (AvgIpc) is 1.81. The molecule has 0 aliphatic heterocycles. The van der Waals surface area contributed by atoms with Crippen LogP contribution in [-0.4, -0.2) is 10.1 Å². The third-order valence-corrected chi connectivity index (χ3v) is 1.72. The van der Waals surface area contributed by atoms with Crippen LogP contribution in [0.2, 0.25) is 10.3 Å². The topological polar surface area (TPSA) is 30.0 Å². The molecule has 1 aromatic rings. The van der Waals surface area contributed by atoms with Crippen molar-refractivity contribution in [1.82, 2.24) is 4.98 Å². The normalized spacial score (nSPS) is 9.92. The predicted molar refractivity (Wildman–Crippen MR) is 52.0 cm³/mol. The molecule has 5 heteroatoms. The molecule has 1 heterocycles. The monoisotopic (exact) mass is 221 g/mol. The summed E-state index contributed by atoms with van der Waals surface area (Å²) in [5.41, 5.74) is 0.722. The van der Waals surface area contributed by atoms with Crippen LogP contribution in [0, 0.1) is 0 Å². The molecular weight excluding hydrogens is 217 g/mol. The number of halogens is 2. The van der Waals surface area contributed by atoms with Crippen LogP contribution < -0.4 is 0 Å². The Morgan fingerprint density at radius 2 is 1.92 bits per heavy atom. The lowest BCUT2D eigenvalue weighted by Gasteiger charge is -1.98. The zero-order chi connectivity index (χ0) is 9.14. The van der Waals surface area contributed by atoms with Gasteiger partial charge in [0.25, 0.3) is 0 Å². The molecule has 0 saturated carbocycles. The Bertz CT molecular complexity index is 296. The molecule has 0 saturated heterocycles. The van der Waals surface area contributed by atoms with Crippen LogP contribution >= 0.6 is 35.8 Å². The van der Waals surface area contributed by atoms with E-state index in [1.54, 1.807) is 12.1 Å². The van der Waals surface area contributed by atoms with Crippen LogP contribution in [0.25, 0.3) is 0 Å². The van der Waals surface area contributed by atoms with Gasteiger partial charge in [-0.3, -0.25) is 4.79 Å². The van der Waals surface area contributed by atoms with Crippen LogP contribution in [0.5, 0.6) is 0 Å². The van der Waals surface area contributed by atoms with Gasteiger partial charge in [-0.15, -0.1) is 12.6 Å². The van der Waals surface area contributed by atoms with Gasteiger partial charge in [0.2, 0.25) is 0 Å².